The van der Waals surface area contributed by atoms with Crippen LogP contribution in [0.5, 0.6) is 0 Å². The van der Waals surface area contributed by atoms with Gasteiger partial charge in [0.1, 0.15) is 0 Å². The van der Waals surface area contributed by atoms with Crippen LogP contribution < -0.4 is 0 Å². The second-order valence-corrected chi connectivity index (χ2v) is 5.74. The summed E-state index contributed by atoms with van der Waals surface area (Å²) >= 11 is 0. The summed E-state index contributed by atoms with van der Waals surface area (Å²) in [5.74, 6) is -0.206. The van der Waals surface area contributed by atoms with E-state index in [1.54, 1.807) is 0 Å². The van der Waals surface area contributed by atoms with E-state index in [-0.39, 0.29) is 5.97 Å². The molecule has 1 rings (SSSR count). The third-order valence-electron chi connectivity index (χ3n) is 4.25. The number of carbonyl (C=O) groups excluding carboxylic acids is 1. The molecule has 0 N–H and O–H groups in total. The van der Waals surface area contributed by atoms with Crippen molar-refractivity contribution in [1.82, 2.24) is 0 Å². The molecule has 0 aromatic carbocycles. The zero-order valence-corrected chi connectivity index (χ0v) is 12.9. The molecule has 108 valence electrons. The first-order chi connectivity index (χ1) is 9.03. The topological polar surface area (TPSA) is 26.3 Å². The average Bonchev–Trinajstić information content (AvgIpc) is 2.40. The molecule has 0 unspecified atom stereocenters. The minimum Gasteiger partial charge on any atom is -0.463 e. The van der Waals surface area contributed by atoms with Crippen molar-refractivity contribution in [2.75, 3.05) is 6.61 Å². The van der Waals surface area contributed by atoms with Gasteiger partial charge in [-0.05, 0) is 38.5 Å². The zero-order valence-electron chi connectivity index (χ0n) is 12.9. The molecule has 1 aliphatic carbocycles. The summed E-state index contributed by atoms with van der Waals surface area (Å²) in [7, 11) is 0. The fourth-order valence-electron chi connectivity index (χ4n) is 2.94. The fraction of sp³-hybridized carbons (Fsp3) is 0.706. The smallest absolute Gasteiger partial charge is 0.333 e. The van der Waals surface area contributed by atoms with Gasteiger partial charge in [-0.15, -0.1) is 0 Å². The van der Waals surface area contributed by atoms with Crippen molar-refractivity contribution in [1.29, 1.82) is 0 Å². The van der Waals surface area contributed by atoms with Crippen LogP contribution in [0.4, 0.5) is 0 Å². The fourth-order valence-corrected chi connectivity index (χ4v) is 2.94. The van der Waals surface area contributed by atoms with Crippen molar-refractivity contribution in [3.05, 3.63) is 23.3 Å². The van der Waals surface area contributed by atoms with Gasteiger partial charge in [0.25, 0.3) is 0 Å². The second kappa shape index (κ2) is 7.52. The standard InChI is InChI=1S/C17H28O2/c1-5-15(17(4)12-8-7-9-13-17)11-10-14(3)16(18)19-6-2/h10-11H,5-9,12-13H2,1-4H3/b14-10+,15-11+. The Morgan fingerprint density at radius 2 is 1.79 bits per heavy atom. The molecule has 2 nitrogen and oxygen atoms in total. The Bertz CT molecular complexity index is 357. The highest BCUT2D eigenvalue weighted by Gasteiger charge is 2.29. The molecular formula is C17H28O2. The van der Waals surface area contributed by atoms with Crippen molar-refractivity contribution in [2.24, 2.45) is 5.41 Å². The molecule has 0 amide bonds. The number of ether oxygens (including phenoxy) is 1. The highest BCUT2D eigenvalue weighted by molar-refractivity contribution is 5.88. The minimum atomic E-state index is -0.206. The zero-order chi connectivity index (χ0) is 14.3. The van der Waals surface area contributed by atoms with Crippen LogP contribution in [0.2, 0.25) is 0 Å². The van der Waals surface area contributed by atoms with E-state index in [4.69, 9.17) is 4.74 Å². The lowest BCUT2D eigenvalue weighted by molar-refractivity contribution is -0.138. The van der Waals surface area contributed by atoms with E-state index < -0.39 is 0 Å². The molecule has 0 saturated heterocycles. The molecule has 19 heavy (non-hydrogen) atoms. The lowest BCUT2D eigenvalue weighted by Crippen LogP contribution is -2.22. The van der Waals surface area contributed by atoms with Gasteiger partial charge in [0.15, 0.2) is 0 Å². The van der Waals surface area contributed by atoms with E-state index in [2.05, 4.69) is 19.9 Å². The summed E-state index contributed by atoms with van der Waals surface area (Å²) in [5.41, 5.74) is 2.49. The first-order valence-electron chi connectivity index (χ1n) is 7.58. The van der Waals surface area contributed by atoms with E-state index >= 15 is 0 Å². The maximum Gasteiger partial charge on any atom is 0.333 e. The molecule has 0 atom stereocenters. The Hall–Kier alpha value is -1.05. The predicted molar refractivity (Wildman–Crippen MR) is 80.0 cm³/mol. The molecule has 0 radical (unpaired) electrons. The molecule has 1 saturated carbocycles. The third kappa shape index (κ3) is 4.52. The lowest BCUT2D eigenvalue weighted by atomic mass is 9.69. The molecule has 0 heterocycles. The number of hydrogen-bond donors (Lipinski definition) is 0. The molecule has 1 fully saturated rings. The van der Waals surface area contributed by atoms with Crippen LogP contribution in [0.15, 0.2) is 23.3 Å². The SMILES string of the molecule is CCOC(=O)/C(C)=C/C=C(\CC)C1(C)CCCCC1. The number of hydrogen-bond acceptors (Lipinski definition) is 2. The average molecular weight is 264 g/mol. The molecule has 2 heteroatoms. The highest BCUT2D eigenvalue weighted by Crippen LogP contribution is 2.43. The van der Waals surface area contributed by atoms with Gasteiger partial charge in [0.2, 0.25) is 0 Å². The first-order valence-corrected chi connectivity index (χ1v) is 7.58. The summed E-state index contributed by atoms with van der Waals surface area (Å²) in [6.45, 7) is 8.67. The van der Waals surface area contributed by atoms with Gasteiger partial charge in [-0.1, -0.05) is 50.8 Å². The quantitative estimate of drug-likeness (QED) is 0.405. The largest absolute Gasteiger partial charge is 0.463 e. The minimum absolute atomic E-state index is 0.206. The Kier molecular flexibility index (Phi) is 6.33. The van der Waals surface area contributed by atoms with Gasteiger partial charge < -0.3 is 4.74 Å². The van der Waals surface area contributed by atoms with Crippen LogP contribution in [0.3, 0.4) is 0 Å². The van der Waals surface area contributed by atoms with Crippen LogP contribution in [-0.4, -0.2) is 12.6 Å². The van der Waals surface area contributed by atoms with Crippen molar-refractivity contribution in [3.63, 3.8) is 0 Å². The van der Waals surface area contributed by atoms with Gasteiger partial charge in [0, 0.05) is 5.57 Å². The van der Waals surface area contributed by atoms with E-state index in [1.807, 2.05) is 19.9 Å². The Balaban J connectivity index is 2.81. The Morgan fingerprint density at radius 1 is 1.16 bits per heavy atom. The molecule has 1 aliphatic rings. The maximum atomic E-state index is 11.6. The van der Waals surface area contributed by atoms with Crippen LogP contribution in [0.25, 0.3) is 0 Å². The van der Waals surface area contributed by atoms with Crippen molar-refractivity contribution >= 4 is 5.97 Å². The molecule has 0 spiro atoms. The van der Waals surface area contributed by atoms with Crippen LogP contribution in [0, 0.1) is 5.41 Å². The Labute approximate surface area is 117 Å². The van der Waals surface area contributed by atoms with Gasteiger partial charge in [-0.2, -0.15) is 0 Å². The number of allylic oxidation sites excluding steroid dienone is 3. The number of esters is 1. The molecular weight excluding hydrogens is 236 g/mol. The van der Waals surface area contributed by atoms with Crippen LogP contribution in [0.1, 0.15) is 66.2 Å². The van der Waals surface area contributed by atoms with Gasteiger partial charge in [0.05, 0.1) is 6.61 Å². The van der Waals surface area contributed by atoms with E-state index in [1.165, 1.54) is 37.7 Å². The van der Waals surface area contributed by atoms with Crippen molar-refractivity contribution in [3.8, 4) is 0 Å². The molecule has 0 aromatic rings. The summed E-state index contributed by atoms with van der Waals surface area (Å²) in [4.78, 5) is 11.6. The van der Waals surface area contributed by atoms with E-state index in [0.29, 0.717) is 17.6 Å². The monoisotopic (exact) mass is 264 g/mol. The molecule has 0 aromatic heterocycles. The first kappa shape index (κ1) is 16.0. The molecule has 0 bridgehead atoms. The second-order valence-electron chi connectivity index (χ2n) is 5.74. The number of rotatable bonds is 5. The van der Waals surface area contributed by atoms with Crippen molar-refractivity contribution < 1.29 is 9.53 Å². The summed E-state index contributed by atoms with van der Waals surface area (Å²) in [5, 5.41) is 0. The predicted octanol–water partition coefficient (Wildman–Crippen LogP) is 4.80. The van der Waals surface area contributed by atoms with Gasteiger partial charge in [-0.3, -0.25) is 0 Å². The lowest BCUT2D eigenvalue weighted by Gasteiger charge is -2.36. The van der Waals surface area contributed by atoms with Crippen molar-refractivity contribution in [2.45, 2.75) is 66.2 Å². The van der Waals surface area contributed by atoms with Crippen LogP contribution in [-0.2, 0) is 9.53 Å². The van der Waals surface area contributed by atoms with E-state index in [9.17, 15) is 4.79 Å². The summed E-state index contributed by atoms with van der Waals surface area (Å²) in [6.07, 6.45) is 11.7. The Morgan fingerprint density at radius 3 is 2.32 bits per heavy atom. The normalized spacial score (nSPS) is 20.2. The van der Waals surface area contributed by atoms with Crippen LogP contribution >= 0.6 is 0 Å². The maximum absolute atomic E-state index is 11.6. The molecule has 0 aliphatic heterocycles. The number of carbonyl (C=O) groups is 1. The summed E-state index contributed by atoms with van der Waals surface area (Å²) in [6, 6.07) is 0. The third-order valence-corrected chi connectivity index (χ3v) is 4.25. The highest BCUT2D eigenvalue weighted by atomic mass is 16.5. The van der Waals surface area contributed by atoms with Gasteiger partial charge in [-0.25, -0.2) is 4.79 Å². The van der Waals surface area contributed by atoms with E-state index in [0.717, 1.165) is 6.42 Å². The van der Waals surface area contributed by atoms with Gasteiger partial charge >= 0.3 is 5.97 Å². The summed E-state index contributed by atoms with van der Waals surface area (Å²) < 4.78 is 5.00.